The molecule has 5 heteroatoms. The number of aryl methyl sites for hydroxylation is 1. The summed E-state index contributed by atoms with van der Waals surface area (Å²) in [5, 5.41) is 3.03. The monoisotopic (exact) mass is 485 g/mol. The molecule has 0 saturated heterocycles. The van der Waals surface area contributed by atoms with Crippen molar-refractivity contribution in [1.29, 1.82) is 0 Å². The first kappa shape index (κ1) is 24.0. The van der Waals surface area contributed by atoms with Gasteiger partial charge in [0.25, 0.3) is 5.91 Å². The number of carbonyl (C=O) groups is 1. The standard InChI is InChI=1S/C29H27NO2S2/c1-22-20-23(21-34-27-10-6-3-7-11-27)12-17-28(22)30-29(31)24-13-15-25(16-14-24)32-18-19-33-26-8-4-2-5-9-26/h2-17,20H,18-19,21H2,1H3,(H,30,31). The van der Waals surface area contributed by atoms with Crippen molar-refractivity contribution in [2.75, 3.05) is 17.7 Å². The molecule has 0 spiro atoms. The highest BCUT2D eigenvalue weighted by molar-refractivity contribution is 7.99. The quantitative estimate of drug-likeness (QED) is 0.184. The zero-order valence-corrected chi connectivity index (χ0v) is 20.7. The Morgan fingerprint density at radius 3 is 2.09 bits per heavy atom. The summed E-state index contributed by atoms with van der Waals surface area (Å²) < 4.78 is 5.81. The van der Waals surface area contributed by atoms with E-state index in [1.807, 2.05) is 49.4 Å². The van der Waals surface area contributed by atoms with Crippen molar-refractivity contribution in [3.63, 3.8) is 0 Å². The smallest absolute Gasteiger partial charge is 0.255 e. The summed E-state index contributed by atoms with van der Waals surface area (Å²) in [5.41, 5.74) is 3.72. The van der Waals surface area contributed by atoms with Crippen LogP contribution in [-0.2, 0) is 5.75 Å². The Kier molecular flexibility index (Phi) is 8.71. The van der Waals surface area contributed by atoms with Crippen LogP contribution in [0.25, 0.3) is 0 Å². The Morgan fingerprint density at radius 2 is 1.44 bits per heavy atom. The zero-order valence-electron chi connectivity index (χ0n) is 19.1. The molecule has 4 aromatic carbocycles. The predicted molar refractivity (Wildman–Crippen MR) is 144 cm³/mol. The lowest BCUT2D eigenvalue weighted by atomic mass is 10.1. The van der Waals surface area contributed by atoms with E-state index in [1.165, 1.54) is 15.4 Å². The highest BCUT2D eigenvalue weighted by Gasteiger charge is 2.09. The number of hydrogen-bond donors (Lipinski definition) is 1. The van der Waals surface area contributed by atoms with Crippen molar-refractivity contribution in [1.82, 2.24) is 0 Å². The molecule has 1 amide bonds. The van der Waals surface area contributed by atoms with E-state index >= 15 is 0 Å². The maximum absolute atomic E-state index is 12.7. The Morgan fingerprint density at radius 1 is 0.794 bits per heavy atom. The SMILES string of the molecule is Cc1cc(CSc2ccccc2)ccc1NC(=O)c1ccc(OCCSc2ccccc2)cc1. The van der Waals surface area contributed by atoms with Gasteiger partial charge in [-0.1, -0.05) is 48.5 Å². The van der Waals surface area contributed by atoms with Gasteiger partial charge in [-0.25, -0.2) is 0 Å². The molecular weight excluding hydrogens is 458 g/mol. The molecule has 4 aromatic rings. The largest absolute Gasteiger partial charge is 0.493 e. The van der Waals surface area contributed by atoms with E-state index < -0.39 is 0 Å². The van der Waals surface area contributed by atoms with Crippen LogP contribution in [0.2, 0.25) is 0 Å². The van der Waals surface area contributed by atoms with Gasteiger partial charge in [0.05, 0.1) is 6.61 Å². The molecule has 0 unspecified atom stereocenters. The highest BCUT2D eigenvalue weighted by Crippen LogP contribution is 2.25. The van der Waals surface area contributed by atoms with E-state index in [2.05, 4.69) is 53.8 Å². The average Bonchev–Trinajstić information content (AvgIpc) is 2.88. The number of thioether (sulfide) groups is 2. The van der Waals surface area contributed by atoms with E-state index in [4.69, 9.17) is 4.74 Å². The third-order valence-electron chi connectivity index (χ3n) is 5.17. The summed E-state index contributed by atoms with van der Waals surface area (Å²) in [6, 6.07) is 34.1. The molecule has 0 aliphatic heterocycles. The minimum Gasteiger partial charge on any atom is -0.493 e. The first-order valence-electron chi connectivity index (χ1n) is 11.2. The Hall–Kier alpha value is -3.15. The molecule has 4 rings (SSSR count). The second-order valence-electron chi connectivity index (χ2n) is 7.74. The summed E-state index contributed by atoms with van der Waals surface area (Å²) in [5.74, 6) is 2.40. The number of rotatable bonds is 10. The molecule has 0 radical (unpaired) electrons. The van der Waals surface area contributed by atoms with Crippen LogP contribution in [0.1, 0.15) is 21.5 Å². The van der Waals surface area contributed by atoms with Gasteiger partial charge in [-0.2, -0.15) is 0 Å². The first-order valence-corrected chi connectivity index (χ1v) is 13.1. The molecule has 1 N–H and O–H groups in total. The number of hydrogen-bond acceptors (Lipinski definition) is 4. The van der Waals surface area contributed by atoms with Gasteiger partial charge in [-0.3, -0.25) is 4.79 Å². The maximum atomic E-state index is 12.7. The molecular formula is C29H27NO2S2. The summed E-state index contributed by atoms with van der Waals surface area (Å²) >= 11 is 3.57. The lowest BCUT2D eigenvalue weighted by molar-refractivity contribution is 0.102. The van der Waals surface area contributed by atoms with Gasteiger partial charge in [0.1, 0.15) is 5.75 Å². The van der Waals surface area contributed by atoms with Crippen molar-refractivity contribution in [3.05, 3.63) is 120 Å². The van der Waals surface area contributed by atoms with Gasteiger partial charge in [0.2, 0.25) is 0 Å². The zero-order chi connectivity index (χ0) is 23.6. The van der Waals surface area contributed by atoms with Gasteiger partial charge in [0, 0.05) is 32.5 Å². The van der Waals surface area contributed by atoms with E-state index in [9.17, 15) is 4.79 Å². The number of ether oxygens (including phenoxy) is 1. The third kappa shape index (κ3) is 7.17. The molecule has 34 heavy (non-hydrogen) atoms. The van der Waals surface area contributed by atoms with E-state index in [1.54, 1.807) is 35.7 Å². The topological polar surface area (TPSA) is 38.3 Å². The van der Waals surface area contributed by atoms with E-state index in [0.717, 1.165) is 28.5 Å². The normalized spacial score (nSPS) is 10.6. The Labute approximate surface area is 209 Å². The molecule has 0 heterocycles. The average molecular weight is 486 g/mol. The van der Waals surface area contributed by atoms with Crippen LogP contribution < -0.4 is 10.1 Å². The third-order valence-corrected chi connectivity index (χ3v) is 7.23. The minimum absolute atomic E-state index is 0.124. The number of anilines is 1. The molecule has 0 aromatic heterocycles. The maximum Gasteiger partial charge on any atom is 0.255 e. The van der Waals surface area contributed by atoms with Crippen molar-refractivity contribution < 1.29 is 9.53 Å². The van der Waals surface area contributed by atoms with Gasteiger partial charge in [-0.05, 0) is 72.6 Å². The fourth-order valence-corrected chi connectivity index (χ4v) is 4.99. The fourth-order valence-electron chi connectivity index (χ4n) is 3.37. The van der Waals surface area contributed by atoms with Crippen LogP contribution in [0, 0.1) is 6.92 Å². The van der Waals surface area contributed by atoms with Gasteiger partial charge in [0.15, 0.2) is 0 Å². The van der Waals surface area contributed by atoms with Gasteiger partial charge in [-0.15, -0.1) is 23.5 Å². The van der Waals surface area contributed by atoms with Crippen LogP contribution >= 0.6 is 23.5 Å². The molecule has 0 aliphatic rings. The van der Waals surface area contributed by atoms with Crippen molar-refractivity contribution in [3.8, 4) is 5.75 Å². The number of carbonyl (C=O) groups excluding carboxylic acids is 1. The minimum atomic E-state index is -0.124. The van der Waals surface area contributed by atoms with Crippen molar-refractivity contribution in [2.45, 2.75) is 22.5 Å². The second-order valence-corrected chi connectivity index (χ2v) is 9.96. The number of nitrogens with one attached hydrogen (secondary N) is 1. The second kappa shape index (κ2) is 12.4. The van der Waals surface area contributed by atoms with E-state index in [0.29, 0.717) is 12.2 Å². The predicted octanol–water partition coefficient (Wildman–Crippen LogP) is 7.71. The van der Waals surface area contributed by atoms with Crippen LogP contribution in [0.4, 0.5) is 5.69 Å². The molecule has 0 fully saturated rings. The van der Waals surface area contributed by atoms with Crippen molar-refractivity contribution in [2.24, 2.45) is 0 Å². The lowest BCUT2D eigenvalue weighted by Crippen LogP contribution is -2.12. The summed E-state index contributed by atoms with van der Waals surface area (Å²) in [6.07, 6.45) is 0. The summed E-state index contributed by atoms with van der Waals surface area (Å²) in [4.78, 5) is 15.2. The molecule has 172 valence electrons. The Bertz CT molecular complexity index is 1200. The number of amides is 1. The fraction of sp³-hybridized carbons (Fsp3) is 0.138. The van der Waals surface area contributed by atoms with Gasteiger partial charge < -0.3 is 10.1 Å². The molecule has 0 atom stereocenters. The number of benzene rings is 4. The van der Waals surface area contributed by atoms with Crippen LogP contribution in [0.5, 0.6) is 5.75 Å². The summed E-state index contributed by atoms with van der Waals surface area (Å²) in [6.45, 7) is 2.63. The lowest BCUT2D eigenvalue weighted by Gasteiger charge is -2.11. The molecule has 0 saturated carbocycles. The van der Waals surface area contributed by atoms with Crippen LogP contribution in [0.3, 0.4) is 0 Å². The molecule has 0 aliphatic carbocycles. The Balaban J connectivity index is 1.25. The molecule has 3 nitrogen and oxygen atoms in total. The highest BCUT2D eigenvalue weighted by atomic mass is 32.2. The van der Waals surface area contributed by atoms with Crippen molar-refractivity contribution >= 4 is 35.1 Å². The van der Waals surface area contributed by atoms with Gasteiger partial charge >= 0.3 is 0 Å². The first-order chi connectivity index (χ1) is 16.7. The molecule has 0 bridgehead atoms. The summed E-state index contributed by atoms with van der Waals surface area (Å²) in [7, 11) is 0. The van der Waals surface area contributed by atoms with Crippen LogP contribution in [-0.4, -0.2) is 18.3 Å². The van der Waals surface area contributed by atoms with E-state index in [-0.39, 0.29) is 5.91 Å². The van der Waals surface area contributed by atoms with Crippen LogP contribution in [0.15, 0.2) is 113 Å².